The molecular formula is C20H19ClO2. The lowest BCUT2D eigenvalue weighted by molar-refractivity contribution is 0.414. The van der Waals surface area contributed by atoms with Gasteiger partial charge in [-0.25, -0.2) is 0 Å². The van der Waals surface area contributed by atoms with Crippen molar-refractivity contribution >= 4 is 22.7 Å². The lowest BCUT2D eigenvalue weighted by Gasteiger charge is -2.19. The Bertz CT molecular complexity index is 740. The van der Waals surface area contributed by atoms with Crippen LogP contribution in [-0.4, -0.2) is 14.2 Å². The van der Waals surface area contributed by atoms with Gasteiger partial charge < -0.3 is 9.47 Å². The zero-order valence-corrected chi connectivity index (χ0v) is 14.1. The summed E-state index contributed by atoms with van der Waals surface area (Å²) in [4.78, 5) is 0. The van der Waals surface area contributed by atoms with Gasteiger partial charge in [0.1, 0.15) is 11.5 Å². The van der Waals surface area contributed by atoms with Crippen molar-refractivity contribution in [3.63, 3.8) is 0 Å². The molecule has 0 atom stereocenters. The van der Waals surface area contributed by atoms with Gasteiger partial charge in [0.05, 0.1) is 19.3 Å². The van der Waals surface area contributed by atoms with Crippen LogP contribution in [0.3, 0.4) is 0 Å². The van der Waals surface area contributed by atoms with Crippen molar-refractivity contribution in [1.82, 2.24) is 0 Å². The van der Waals surface area contributed by atoms with Gasteiger partial charge in [0, 0.05) is 0 Å². The van der Waals surface area contributed by atoms with Gasteiger partial charge in [-0.3, -0.25) is 0 Å². The average Bonchev–Trinajstić information content (AvgIpc) is 2.62. The van der Waals surface area contributed by atoms with Gasteiger partial charge in [0.2, 0.25) is 0 Å². The van der Waals surface area contributed by atoms with Crippen LogP contribution < -0.4 is 9.47 Å². The first-order chi connectivity index (χ1) is 11.2. The highest BCUT2D eigenvalue weighted by Crippen LogP contribution is 2.40. The van der Waals surface area contributed by atoms with Crippen LogP contribution in [0.4, 0.5) is 0 Å². The first kappa shape index (κ1) is 15.7. The minimum atomic E-state index is 0.826. The van der Waals surface area contributed by atoms with Gasteiger partial charge in [0.25, 0.3) is 0 Å². The number of halogens is 1. The van der Waals surface area contributed by atoms with Crippen molar-refractivity contribution < 1.29 is 9.47 Å². The molecule has 0 unspecified atom stereocenters. The van der Waals surface area contributed by atoms with Gasteiger partial charge in [-0.2, -0.15) is 0 Å². The fraction of sp³-hybridized carbons (Fsp3) is 0.200. The van der Waals surface area contributed by atoms with E-state index in [0.29, 0.717) is 0 Å². The van der Waals surface area contributed by atoms with Crippen LogP contribution in [0.25, 0.3) is 11.1 Å². The largest absolute Gasteiger partial charge is 0.497 e. The van der Waals surface area contributed by atoms with Crippen molar-refractivity contribution in [3.05, 3.63) is 70.8 Å². The lowest BCUT2D eigenvalue weighted by Crippen LogP contribution is -1.97. The highest BCUT2D eigenvalue weighted by atomic mass is 35.5. The number of benzene rings is 2. The molecule has 3 rings (SSSR count). The van der Waals surface area contributed by atoms with Gasteiger partial charge in [-0.05, 0) is 59.4 Å². The van der Waals surface area contributed by atoms with E-state index in [-0.39, 0.29) is 0 Å². The second-order valence-electron chi connectivity index (χ2n) is 5.41. The Morgan fingerprint density at radius 1 is 0.783 bits per heavy atom. The summed E-state index contributed by atoms with van der Waals surface area (Å²) in [6.07, 6.45) is 4.14. The van der Waals surface area contributed by atoms with E-state index < -0.39 is 0 Å². The van der Waals surface area contributed by atoms with Crippen LogP contribution in [0.1, 0.15) is 24.0 Å². The highest BCUT2D eigenvalue weighted by molar-refractivity contribution is 6.40. The molecule has 0 aromatic heterocycles. The van der Waals surface area contributed by atoms with E-state index in [1.54, 1.807) is 14.2 Å². The minimum Gasteiger partial charge on any atom is -0.497 e. The topological polar surface area (TPSA) is 18.5 Å². The summed E-state index contributed by atoms with van der Waals surface area (Å²) in [6.45, 7) is 0. The summed E-state index contributed by atoms with van der Waals surface area (Å²) in [5.41, 5.74) is 4.53. The fourth-order valence-corrected chi connectivity index (χ4v) is 3.19. The van der Waals surface area contributed by atoms with Crippen molar-refractivity contribution in [3.8, 4) is 11.5 Å². The quantitative estimate of drug-likeness (QED) is 0.735. The monoisotopic (exact) mass is 326 g/mol. The van der Waals surface area contributed by atoms with Crippen LogP contribution >= 0.6 is 11.6 Å². The molecule has 0 N–H and O–H groups in total. The maximum Gasteiger partial charge on any atom is 0.118 e. The van der Waals surface area contributed by atoms with E-state index in [9.17, 15) is 0 Å². The number of ether oxygens (including phenoxy) is 2. The molecule has 23 heavy (non-hydrogen) atoms. The van der Waals surface area contributed by atoms with E-state index in [0.717, 1.165) is 46.1 Å². The standard InChI is InChI=1S/C20H19ClO2/c1-22-16-10-6-14(7-11-16)18-4-3-5-19(20(18)21)15-8-12-17(23-2)13-9-15/h4,6-13H,3,5H2,1-2H3. The van der Waals surface area contributed by atoms with Crippen LogP contribution in [0.5, 0.6) is 11.5 Å². The van der Waals surface area contributed by atoms with Crippen molar-refractivity contribution in [1.29, 1.82) is 0 Å². The normalized spacial score (nSPS) is 14.5. The molecule has 0 amide bonds. The molecule has 0 heterocycles. The summed E-state index contributed by atoms with van der Waals surface area (Å²) < 4.78 is 10.4. The molecule has 1 aliphatic rings. The summed E-state index contributed by atoms with van der Waals surface area (Å²) in [6, 6.07) is 16.1. The van der Waals surface area contributed by atoms with Crippen LogP contribution in [-0.2, 0) is 0 Å². The predicted octanol–water partition coefficient (Wildman–Crippen LogP) is 5.53. The third-order valence-corrected chi connectivity index (χ3v) is 4.52. The Morgan fingerprint density at radius 3 is 1.83 bits per heavy atom. The SMILES string of the molecule is COc1ccc(C2=CCCC(c3ccc(OC)cc3)=C2Cl)cc1. The Labute approximate surface area is 142 Å². The van der Waals surface area contributed by atoms with Gasteiger partial charge in [-0.1, -0.05) is 41.9 Å². The van der Waals surface area contributed by atoms with Crippen LogP contribution in [0, 0.1) is 0 Å². The molecule has 0 spiro atoms. The summed E-state index contributed by atoms with van der Waals surface area (Å²) in [7, 11) is 3.34. The second-order valence-corrected chi connectivity index (χ2v) is 5.78. The first-order valence-electron chi connectivity index (χ1n) is 7.61. The molecular weight excluding hydrogens is 308 g/mol. The van der Waals surface area contributed by atoms with E-state index in [2.05, 4.69) is 18.2 Å². The molecule has 1 aliphatic carbocycles. The van der Waals surface area contributed by atoms with E-state index >= 15 is 0 Å². The third kappa shape index (κ3) is 3.27. The maximum absolute atomic E-state index is 6.71. The molecule has 2 nitrogen and oxygen atoms in total. The third-order valence-electron chi connectivity index (χ3n) is 4.08. The molecule has 0 saturated carbocycles. The van der Waals surface area contributed by atoms with Gasteiger partial charge >= 0.3 is 0 Å². The molecule has 0 radical (unpaired) electrons. The first-order valence-corrected chi connectivity index (χ1v) is 7.98. The molecule has 0 bridgehead atoms. The number of allylic oxidation sites excluding steroid dienone is 4. The number of hydrogen-bond acceptors (Lipinski definition) is 2. The zero-order valence-electron chi connectivity index (χ0n) is 13.3. The smallest absolute Gasteiger partial charge is 0.118 e. The zero-order chi connectivity index (χ0) is 16.2. The Hall–Kier alpha value is -2.19. The number of methoxy groups -OCH3 is 2. The maximum atomic E-state index is 6.71. The molecule has 0 fully saturated rings. The van der Waals surface area contributed by atoms with Crippen molar-refractivity contribution in [2.24, 2.45) is 0 Å². The lowest BCUT2D eigenvalue weighted by atomic mass is 9.90. The van der Waals surface area contributed by atoms with E-state index in [1.165, 1.54) is 5.57 Å². The van der Waals surface area contributed by atoms with Crippen molar-refractivity contribution in [2.75, 3.05) is 14.2 Å². The van der Waals surface area contributed by atoms with E-state index in [4.69, 9.17) is 21.1 Å². The molecule has 3 heteroatoms. The Kier molecular flexibility index (Phi) is 4.73. The predicted molar refractivity (Wildman–Crippen MR) is 96.0 cm³/mol. The summed E-state index contributed by atoms with van der Waals surface area (Å²) in [5, 5.41) is 0.826. The van der Waals surface area contributed by atoms with Crippen LogP contribution in [0.2, 0.25) is 0 Å². The van der Waals surface area contributed by atoms with Gasteiger partial charge in [-0.15, -0.1) is 0 Å². The Morgan fingerprint density at radius 2 is 1.30 bits per heavy atom. The molecule has 0 saturated heterocycles. The van der Waals surface area contributed by atoms with Gasteiger partial charge in [0.15, 0.2) is 0 Å². The number of rotatable bonds is 4. The average molecular weight is 327 g/mol. The highest BCUT2D eigenvalue weighted by Gasteiger charge is 2.17. The summed E-state index contributed by atoms with van der Waals surface area (Å²) >= 11 is 6.71. The Balaban J connectivity index is 1.95. The second kappa shape index (κ2) is 6.93. The molecule has 0 aliphatic heterocycles. The number of hydrogen-bond donors (Lipinski definition) is 0. The fourth-order valence-electron chi connectivity index (χ4n) is 2.80. The molecule has 2 aromatic rings. The van der Waals surface area contributed by atoms with Crippen molar-refractivity contribution in [2.45, 2.75) is 12.8 Å². The van der Waals surface area contributed by atoms with Crippen LogP contribution in [0.15, 0.2) is 59.6 Å². The minimum absolute atomic E-state index is 0.826. The van der Waals surface area contributed by atoms with E-state index in [1.807, 2.05) is 36.4 Å². The molecule has 2 aromatic carbocycles. The summed E-state index contributed by atoms with van der Waals surface area (Å²) in [5.74, 6) is 1.70. The molecule has 118 valence electrons.